The predicted molar refractivity (Wildman–Crippen MR) is 109 cm³/mol. The summed E-state index contributed by atoms with van der Waals surface area (Å²) in [4.78, 5) is 16.5. The van der Waals surface area contributed by atoms with Crippen LogP contribution in [0, 0.1) is 0 Å². The fraction of sp³-hybridized carbons (Fsp3) is 0.111. The van der Waals surface area contributed by atoms with Crippen LogP contribution in [-0.4, -0.2) is 21.2 Å². The Balaban J connectivity index is 1.63. The van der Waals surface area contributed by atoms with Gasteiger partial charge in [-0.25, -0.2) is 4.98 Å². The van der Waals surface area contributed by atoms with Crippen molar-refractivity contribution in [2.45, 2.75) is 5.16 Å². The van der Waals surface area contributed by atoms with E-state index in [0.29, 0.717) is 20.8 Å². The molecule has 8 heteroatoms. The molecule has 1 amide bonds. The molecule has 0 aliphatic heterocycles. The van der Waals surface area contributed by atoms with Crippen LogP contribution in [0.15, 0.2) is 53.8 Å². The quantitative estimate of drug-likeness (QED) is 0.526. The predicted octanol–water partition coefficient (Wildman–Crippen LogP) is 5.78. The number of anilines is 1. The minimum absolute atomic E-state index is 0.149. The van der Waals surface area contributed by atoms with Crippen molar-refractivity contribution < 1.29 is 4.79 Å². The molecule has 134 valence electrons. The Morgan fingerprint density at radius 3 is 2.54 bits per heavy atom. The van der Waals surface area contributed by atoms with E-state index in [9.17, 15) is 4.79 Å². The topological polar surface area (TPSA) is 46.9 Å². The molecule has 0 aliphatic rings. The summed E-state index contributed by atoms with van der Waals surface area (Å²) >= 11 is 19.1. The zero-order valence-corrected chi connectivity index (χ0v) is 16.8. The van der Waals surface area contributed by atoms with Gasteiger partial charge >= 0.3 is 0 Å². The molecule has 1 aromatic heterocycles. The highest BCUT2D eigenvalue weighted by molar-refractivity contribution is 7.99. The summed E-state index contributed by atoms with van der Waals surface area (Å²) in [7, 11) is 1.91. The first-order valence-corrected chi connectivity index (χ1v) is 9.71. The average Bonchev–Trinajstić information content (AvgIpc) is 2.98. The second kappa shape index (κ2) is 8.35. The summed E-state index contributed by atoms with van der Waals surface area (Å²) < 4.78 is 1.94. The SMILES string of the molecule is Cn1c(-c2ccc(Cl)cc2)cnc1SCC(=O)Nc1ccc(Cl)c(Cl)c1. The lowest BCUT2D eigenvalue weighted by atomic mass is 10.2. The van der Waals surface area contributed by atoms with Gasteiger partial charge in [0.25, 0.3) is 0 Å². The monoisotopic (exact) mass is 425 g/mol. The van der Waals surface area contributed by atoms with Crippen molar-refractivity contribution in [1.82, 2.24) is 9.55 Å². The van der Waals surface area contributed by atoms with E-state index in [-0.39, 0.29) is 11.7 Å². The molecule has 0 spiro atoms. The van der Waals surface area contributed by atoms with Crippen molar-refractivity contribution in [3.63, 3.8) is 0 Å². The number of imidazole rings is 1. The van der Waals surface area contributed by atoms with Crippen molar-refractivity contribution >= 4 is 58.2 Å². The highest BCUT2D eigenvalue weighted by Crippen LogP contribution is 2.27. The maximum Gasteiger partial charge on any atom is 0.234 e. The standard InChI is InChI=1S/C18H14Cl3N3OS/c1-24-16(11-2-4-12(19)5-3-11)9-22-18(24)26-10-17(25)23-13-6-7-14(20)15(21)8-13/h2-9H,10H2,1H3,(H,23,25). The molecule has 4 nitrogen and oxygen atoms in total. The fourth-order valence-electron chi connectivity index (χ4n) is 2.32. The Hall–Kier alpha value is -1.66. The van der Waals surface area contributed by atoms with Crippen molar-refractivity contribution in [2.75, 3.05) is 11.1 Å². The number of thioether (sulfide) groups is 1. The van der Waals surface area contributed by atoms with Gasteiger partial charge in [-0.05, 0) is 35.9 Å². The Morgan fingerprint density at radius 1 is 1.12 bits per heavy atom. The van der Waals surface area contributed by atoms with Gasteiger partial charge in [0.2, 0.25) is 5.91 Å². The highest BCUT2D eigenvalue weighted by Gasteiger charge is 2.12. The zero-order chi connectivity index (χ0) is 18.7. The number of hydrogen-bond donors (Lipinski definition) is 1. The van der Waals surface area contributed by atoms with Gasteiger partial charge in [-0.2, -0.15) is 0 Å². The number of benzene rings is 2. The lowest BCUT2D eigenvalue weighted by Gasteiger charge is -2.07. The van der Waals surface area contributed by atoms with Crippen molar-refractivity contribution in [3.8, 4) is 11.3 Å². The molecule has 0 bridgehead atoms. The Labute approximate surface area is 170 Å². The molecule has 0 atom stereocenters. The zero-order valence-electron chi connectivity index (χ0n) is 13.7. The van der Waals surface area contributed by atoms with Gasteiger partial charge in [-0.15, -0.1) is 0 Å². The Bertz CT molecular complexity index is 941. The van der Waals surface area contributed by atoms with Crippen LogP contribution in [0.2, 0.25) is 15.1 Å². The summed E-state index contributed by atoms with van der Waals surface area (Å²) in [6, 6.07) is 12.5. The first kappa shape index (κ1) is 19.1. The largest absolute Gasteiger partial charge is 0.325 e. The number of aromatic nitrogens is 2. The van der Waals surface area contributed by atoms with E-state index in [0.717, 1.165) is 16.4 Å². The smallest absolute Gasteiger partial charge is 0.234 e. The van der Waals surface area contributed by atoms with Crippen molar-refractivity contribution in [1.29, 1.82) is 0 Å². The third kappa shape index (κ3) is 4.54. The summed E-state index contributed by atoms with van der Waals surface area (Å²) in [6.45, 7) is 0. The number of carbonyl (C=O) groups is 1. The van der Waals surface area contributed by atoms with E-state index in [4.69, 9.17) is 34.8 Å². The second-order valence-electron chi connectivity index (χ2n) is 5.46. The van der Waals surface area contributed by atoms with Crippen LogP contribution in [0.1, 0.15) is 0 Å². The highest BCUT2D eigenvalue weighted by atomic mass is 35.5. The maximum atomic E-state index is 12.1. The molecule has 0 saturated heterocycles. The van der Waals surface area contributed by atoms with Crippen LogP contribution >= 0.6 is 46.6 Å². The molecular weight excluding hydrogens is 413 g/mol. The molecular formula is C18H14Cl3N3OS. The molecule has 3 aromatic rings. The number of amides is 1. The van der Waals surface area contributed by atoms with Crippen LogP contribution < -0.4 is 5.32 Å². The molecule has 3 rings (SSSR count). The first-order chi connectivity index (χ1) is 12.4. The van der Waals surface area contributed by atoms with E-state index in [1.165, 1.54) is 11.8 Å². The molecule has 0 unspecified atom stereocenters. The summed E-state index contributed by atoms with van der Waals surface area (Å²) in [5.74, 6) is 0.0787. The minimum Gasteiger partial charge on any atom is -0.325 e. The maximum absolute atomic E-state index is 12.1. The Morgan fingerprint density at radius 2 is 1.85 bits per heavy atom. The van der Waals surface area contributed by atoms with Gasteiger partial charge < -0.3 is 9.88 Å². The van der Waals surface area contributed by atoms with E-state index >= 15 is 0 Å². The van der Waals surface area contributed by atoms with Crippen molar-refractivity contribution in [2.24, 2.45) is 7.05 Å². The van der Waals surface area contributed by atoms with Crippen molar-refractivity contribution in [3.05, 3.63) is 63.7 Å². The molecule has 0 saturated carbocycles. The molecule has 0 radical (unpaired) electrons. The number of hydrogen-bond acceptors (Lipinski definition) is 3. The second-order valence-corrected chi connectivity index (χ2v) is 7.65. The van der Waals surface area contributed by atoms with Gasteiger partial charge in [0, 0.05) is 17.8 Å². The van der Waals surface area contributed by atoms with E-state index in [1.807, 2.05) is 35.9 Å². The van der Waals surface area contributed by atoms with Gasteiger partial charge in [-0.3, -0.25) is 4.79 Å². The fourth-order valence-corrected chi connectivity index (χ4v) is 3.49. The summed E-state index contributed by atoms with van der Waals surface area (Å²) in [5.41, 5.74) is 2.57. The number of nitrogens with zero attached hydrogens (tertiary/aromatic N) is 2. The lowest BCUT2D eigenvalue weighted by Crippen LogP contribution is -2.14. The minimum atomic E-state index is -0.149. The number of nitrogens with one attached hydrogen (secondary N) is 1. The van der Waals surface area contributed by atoms with Crippen LogP contribution in [0.3, 0.4) is 0 Å². The molecule has 26 heavy (non-hydrogen) atoms. The van der Waals surface area contributed by atoms with Crippen LogP contribution in [0.25, 0.3) is 11.3 Å². The number of rotatable bonds is 5. The van der Waals surface area contributed by atoms with Gasteiger partial charge in [0.1, 0.15) is 0 Å². The molecule has 1 heterocycles. The van der Waals surface area contributed by atoms with E-state index < -0.39 is 0 Å². The third-order valence-corrected chi connectivity index (χ3v) is 5.66. The normalized spacial score (nSPS) is 10.8. The van der Waals surface area contributed by atoms with Crippen LogP contribution in [0.4, 0.5) is 5.69 Å². The van der Waals surface area contributed by atoms with E-state index in [1.54, 1.807) is 24.4 Å². The molecule has 0 fully saturated rings. The van der Waals surface area contributed by atoms with Crippen LogP contribution in [-0.2, 0) is 11.8 Å². The van der Waals surface area contributed by atoms with Gasteiger partial charge in [0.15, 0.2) is 5.16 Å². The number of halogens is 3. The van der Waals surface area contributed by atoms with Gasteiger partial charge in [0.05, 0.1) is 27.7 Å². The lowest BCUT2D eigenvalue weighted by molar-refractivity contribution is -0.113. The summed E-state index contributed by atoms with van der Waals surface area (Å²) in [6.07, 6.45) is 1.78. The molecule has 2 aromatic carbocycles. The molecule has 1 N–H and O–H groups in total. The molecule has 0 aliphatic carbocycles. The number of carbonyl (C=O) groups excluding carboxylic acids is 1. The van der Waals surface area contributed by atoms with Crippen LogP contribution in [0.5, 0.6) is 0 Å². The average molecular weight is 427 g/mol. The van der Waals surface area contributed by atoms with Gasteiger partial charge in [-0.1, -0.05) is 58.7 Å². The Kier molecular flexibility index (Phi) is 6.14. The first-order valence-electron chi connectivity index (χ1n) is 7.59. The van der Waals surface area contributed by atoms with E-state index in [2.05, 4.69) is 10.3 Å². The summed E-state index contributed by atoms with van der Waals surface area (Å²) in [5, 5.41) is 5.07. The third-order valence-electron chi connectivity index (χ3n) is 3.62.